The number of aliphatic hydroxyl groups excluding tert-OH is 1. The Morgan fingerprint density at radius 1 is 1.56 bits per heavy atom. The Labute approximate surface area is 95.1 Å². The zero-order valence-electron chi connectivity index (χ0n) is 9.13. The molecule has 0 radical (unpaired) electrons. The molecule has 0 amide bonds. The number of pyridine rings is 1. The molecule has 84 valence electrons. The minimum atomic E-state index is 0.107. The topological polar surface area (TPSA) is 60.2 Å². The van der Waals surface area contributed by atoms with E-state index in [-0.39, 0.29) is 6.61 Å². The molecular formula is C12H15N3O. The third-order valence-corrected chi connectivity index (χ3v) is 3.06. The molecule has 4 nitrogen and oxygen atoms in total. The summed E-state index contributed by atoms with van der Waals surface area (Å²) >= 11 is 0. The number of nitrogens with zero attached hydrogens (tertiary/aromatic N) is 3. The first-order valence-electron chi connectivity index (χ1n) is 5.59. The Kier molecular flexibility index (Phi) is 3.37. The molecule has 1 heterocycles. The van der Waals surface area contributed by atoms with Crippen molar-refractivity contribution < 1.29 is 5.11 Å². The van der Waals surface area contributed by atoms with E-state index < -0.39 is 0 Å². The summed E-state index contributed by atoms with van der Waals surface area (Å²) in [6, 6.07) is 6.30. The summed E-state index contributed by atoms with van der Waals surface area (Å²) in [6.45, 7) is 0.682. The van der Waals surface area contributed by atoms with Gasteiger partial charge in [0.2, 0.25) is 0 Å². The van der Waals surface area contributed by atoms with Gasteiger partial charge in [-0.25, -0.2) is 4.98 Å². The second-order valence-electron chi connectivity index (χ2n) is 3.98. The molecule has 1 N–H and O–H groups in total. The van der Waals surface area contributed by atoms with Crippen molar-refractivity contribution in [3.63, 3.8) is 0 Å². The maximum Gasteiger partial charge on any atom is 0.163 e. The van der Waals surface area contributed by atoms with Crippen LogP contribution in [0.2, 0.25) is 0 Å². The quantitative estimate of drug-likeness (QED) is 0.826. The second kappa shape index (κ2) is 4.95. The molecule has 2 rings (SSSR count). The van der Waals surface area contributed by atoms with Crippen LogP contribution in [0.15, 0.2) is 18.3 Å². The molecule has 1 aromatic rings. The van der Waals surface area contributed by atoms with Crippen molar-refractivity contribution in [2.75, 3.05) is 18.1 Å². The van der Waals surface area contributed by atoms with Crippen LogP contribution in [0.3, 0.4) is 0 Å². The van der Waals surface area contributed by atoms with Crippen LogP contribution in [-0.4, -0.2) is 29.3 Å². The summed E-state index contributed by atoms with van der Waals surface area (Å²) in [4.78, 5) is 6.16. The molecule has 16 heavy (non-hydrogen) atoms. The van der Waals surface area contributed by atoms with E-state index >= 15 is 0 Å². The van der Waals surface area contributed by atoms with E-state index in [1.54, 1.807) is 6.20 Å². The standard InChI is InChI=1S/C12H15N3O/c13-9-11-12(5-2-6-14-11)15(7-8-16)10-3-1-4-10/h2,5-6,10,16H,1,3-4,7-8H2. The van der Waals surface area contributed by atoms with Crippen molar-refractivity contribution in [3.8, 4) is 6.07 Å². The van der Waals surface area contributed by atoms with Gasteiger partial charge in [-0.2, -0.15) is 5.26 Å². The van der Waals surface area contributed by atoms with Gasteiger partial charge in [0.1, 0.15) is 6.07 Å². The summed E-state index contributed by atoms with van der Waals surface area (Å²) in [6.07, 6.45) is 5.13. The second-order valence-corrected chi connectivity index (χ2v) is 3.98. The van der Waals surface area contributed by atoms with E-state index in [4.69, 9.17) is 10.4 Å². The van der Waals surface area contributed by atoms with E-state index in [0.717, 1.165) is 18.5 Å². The number of aromatic nitrogens is 1. The van der Waals surface area contributed by atoms with Gasteiger partial charge in [0.05, 0.1) is 12.3 Å². The highest BCUT2D eigenvalue weighted by Gasteiger charge is 2.26. The first-order valence-corrected chi connectivity index (χ1v) is 5.59. The normalized spacial score (nSPS) is 15.2. The summed E-state index contributed by atoms with van der Waals surface area (Å²) < 4.78 is 0. The Bertz CT molecular complexity index is 395. The highest BCUT2D eigenvalue weighted by molar-refractivity contribution is 5.56. The van der Waals surface area contributed by atoms with Gasteiger partial charge in [-0.1, -0.05) is 0 Å². The van der Waals surface area contributed by atoms with Crippen LogP contribution in [-0.2, 0) is 0 Å². The van der Waals surface area contributed by atoms with Gasteiger partial charge in [0, 0.05) is 18.8 Å². The maximum atomic E-state index is 9.09. The summed E-state index contributed by atoms with van der Waals surface area (Å²) in [5.41, 5.74) is 1.30. The molecule has 1 saturated carbocycles. The predicted molar refractivity (Wildman–Crippen MR) is 61.0 cm³/mol. The molecular weight excluding hydrogens is 202 g/mol. The van der Waals surface area contributed by atoms with Crippen molar-refractivity contribution >= 4 is 5.69 Å². The lowest BCUT2D eigenvalue weighted by molar-refractivity contribution is 0.283. The van der Waals surface area contributed by atoms with Gasteiger partial charge < -0.3 is 10.0 Å². The third-order valence-electron chi connectivity index (χ3n) is 3.06. The summed E-state index contributed by atoms with van der Waals surface area (Å²) in [5, 5.41) is 18.1. The van der Waals surface area contributed by atoms with Gasteiger partial charge in [0.15, 0.2) is 5.69 Å². The average molecular weight is 217 g/mol. The minimum absolute atomic E-state index is 0.107. The number of anilines is 1. The zero-order chi connectivity index (χ0) is 11.4. The SMILES string of the molecule is N#Cc1ncccc1N(CCO)C1CCC1. The van der Waals surface area contributed by atoms with E-state index in [1.165, 1.54) is 6.42 Å². The fourth-order valence-electron chi connectivity index (χ4n) is 2.02. The fourth-order valence-corrected chi connectivity index (χ4v) is 2.02. The lowest BCUT2D eigenvalue weighted by Gasteiger charge is -2.39. The lowest BCUT2D eigenvalue weighted by atomic mass is 9.91. The highest BCUT2D eigenvalue weighted by Crippen LogP contribution is 2.30. The largest absolute Gasteiger partial charge is 0.395 e. The predicted octanol–water partition coefficient (Wildman–Crippen LogP) is 1.30. The summed E-state index contributed by atoms with van der Waals surface area (Å²) in [7, 11) is 0. The van der Waals surface area contributed by atoms with Gasteiger partial charge in [-0.3, -0.25) is 0 Å². The van der Waals surface area contributed by atoms with Crippen LogP contribution in [0.5, 0.6) is 0 Å². The minimum Gasteiger partial charge on any atom is -0.395 e. The molecule has 1 aromatic heterocycles. The smallest absolute Gasteiger partial charge is 0.163 e. The molecule has 0 unspecified atom stereocenters. The van der Waals surface area contributed by atoms with Crippen LogP contribution in [0.4, 0.5) is 5.69 Å². The van der Waals surface area contributed by atoms with Crippen LogP contribution in [0.25, 0.3) is 0 Å². The molecule has 1 aliphatic carbocycles. The van der Waals surface area contributed by atoms with Gasteiger partial charge >= 0.3 is 0 Å². The van der Waals surface area contributed by atoms with Gasteiger partial charge in [-0.15, -0.1) is 0 Å². The van der Waals surface area contributed by atoms with E-state index in [0.29, 0.717) is 18.3 Å². The van der Waals surface area contributed by atoms with Crippen LogP contribution in [0.1, 0.15) is 25.0 Å². The molecule has 4 heteroatoms. The third kappa shape index (κ3) is 2.00. The number of aliphatic hydroxyl groups is 1. The van der Waals surface area contributed by atoms with Crippen LogP contribution < -0.4 is 4.90 Å². The van der Waals surface area contributed by atoms with Crippen molar-refractivity contribution in [2.45, 2.75) is 25.3 Å². The molecule has 0 aliphatic heterocycles. The van der Waals surface area contributed by atoms with Gasteiger partial charge in [0.25, 0.3) is 0 Å². The van der Waals surface area contributed by atoms with E-state index in [1.807, 2.05) is 12.1 Å². The van der Waals surface area contributed by atoms with Gasteiger partial charge in [-0.05, 0) is 31.4 Å². The van der Waals surface area contributed by atoms with Crippen molar-refractivity contribution in [1.82, 2.24) is 4.98 Å². The maximum absolute atomic E-state index is 9.09. The molecule has 0 aromatic carbocycles. The molecule has 1 fully saturated rings. The van der Waals surface area contributed by atoms with Crippen LogP contribution in [0, 0.1) is 11.3 Å². The van der Waals surface area contributed by atoms with Crippen LogP contribution >= 0.6 is 0 Å². The number of nitriles is 1. The van der Waals surface area contributed by atoms with Crippen molar-refractivity contribution in [3.05, 3.63) is 24.0 Å². The molecule has 1 aliphatic rings. The summed E-state index contributed by atoms with van der Waals surface area (Å²) in [5.74, 6) is 0. The fraction of sp³-hybridized carbons (Fsp3) is 0.500. The Morgan fingerprint density at radius 3 is 2.94 bits per heavy atom. The average Bonchev–Trinajstić information content (AvgIpc) is 2.26. The first kappa shape index (κ1) is 10.9. The monoisotopic (exact) mass is 217 g/mol. The number of hydrogen-bond acceptors (Lipinski definition) is 4. The zero-order valence-corrected chi connectivity index (χ0v) is 9.13. The highest BCUT2D eigenvalue weighted by atomic mass is 16.3. The number of hydrogen-bond donors (Lipinski definition) is 1. The Morgan fingerprint density at radius 2 is 2.38 bits per heavy atom. The van der Waals surface area contributed by atoms with E-state index in [2.05, 4.69) is 16.0 Å². The van der Waals surface area contributed by atoms with E-state index in [9.17, 15) is 0 Å². The molecule has 0 spiro atoms. The Balaban J connectivity index is 2.27. The van der Waals surface area contributed by atoms with Crippen molar-refractivity contribution in [1.29, 1.82) is 5.26 Å². The van der Waals surface area contributed by atoms with Crippen molar-refractivity contribution in [2.24, 2.45) is 0 Å². The Hall–Kier alpha value is -1.60. The number of rotatable bonds is 4. The molecule has 0 atom stereocenters. The first-order chi connectivity index (χ1) is 7.86. The lowest BCUT2D eigenvalue weighted by Crippen LogP contribution is -2.42. The molecule has 0 saturated heterocycles. The molecule has 0 bridgehead atoms.